The van der Waals surface area contributed by atoms with Gasteiger partial charge in [-0.3, -0.25) is 0 Å². The van der Waals surface area contributed by atoms with Crippen molar-refractivity contribution < 1.29 is 4.39 Å². The highest BCUT2D eigenvalue weighted by Crippen LogP contribution is 2.31. The predicted octanol–water partition coefficient (Wildman–Crippen LogP) is 3.85. The highest BCUT2D eigenvalue weighted by Gasteiger charge is 2.12. The van der Waals surface area contributed by atoms with Gasteiger partial charge in [0.1, 0.15) is 21.2 Å². The molecule has 0 radical (unpaired) electrons. The number of hydrogen-bond donors (Lipinski definition) is 1. The maximum Gasteiger partial charge on any atom is 0.144 e. The zero-order chi connectivity index (χ0) is 13.4. The SMILES string of the molecule is CNc1ccc(-c2nc3ccc(C)nc3s2)c(F)c1. The van der Waals surface area contributed by atoms with Crippen molar-refractivity contribution in [3.63, 3.8) is 0 Å². The maximum atomic E-state index is 14.0. The molecule has 0 unspecified atom stereocenters. The van der Waals surface area contributed by atoms with Crippen molar-refractivity contribution in [3.05, 3.63) is 41.8 Å². The second-order valence-corrected chi connectivity index (χ2v) is 5.22. The fourth-order valence-corrected chi connectivity index (χ4v) is 2.88. The first-order chi connectivity index (χ1) is 9.17. The standard InChI is InChI=1S/C14H12FN3S/c1-8-3-6-12-14(17-8)19-13(18-12)10-5-4-9(16-2)7-11(10)15/h3-7,16H,1-2H3. The molecular formula is C14H12FN3S. The lowest BCUT2D eigenvalue weighted by atomic mass is 10.2. The molecule has 0 aliphatic heterocycles. The largest absolute Gasteiger partial charge is 0.388 e. The lowest BCUT2D eigenvalue weighted by Crippen LogP contribution is -1.90. The van der Waals surface area contributed by atoms with Crippen LogP contribution in [0.3, 0.4) is 0 Å². The Morgan fingerprint density at radius 1 is 1.16 bits per heavy atom. The highest BCUT2D eigenvalue weighted by molar-refractivity contribution is 7.21. The van der Waals surface area contributed by atoms with Gasteiger partial charge in [0.05, 0.1) is 0 Å². The molecule has 0 spiro atoms. The van der Waals surface area contributed by atoms with Gasteiger partial charge in [0.2, 0.25) is 0 Å². The number of rotatable bonds is 2. The predicted molar refractivity (Wildman–Crippen MR) is 77.1 cm³/mol. The van der Waals surface area contributed by atoms with Gasteiger partial charge in [-0.1, -0.05) is 11.3 Å². The van der Waals surface area contributed by atoms with Gasteiger partial charge in [-0.25, -0.2) is 14.4 Å². The Morgan fingerprint density at radius 2 is 2.00 bits per heavy atom. The van der Waals surface area contributed by atoms with Crippen LogP contribution in [0.25, 0.3) is 20.9 Å². The molecule has 0 aliphatic rings. The first-order valence-corrected chi connectivity index (χ1v) is 6.71. The third-order valence-corrected chi connectivity index (χ3v) is 3.88. The summed E-state index contributed by atoms with van der Waals surface area (Å²) in [6.45, 7) is 1.93. The van der Waals surface area contributed by atoms with Crippen LogP contribution in [-0.4, -0.2) is 17.0 Å². The van der Waals surface area contributed by atoms with E-state index in [-0.39, 0.29) is 5.82 Å². The van der Waals surface area contributed by atoms with Crippen LogP contribution in [0.5, 0.6) is 0 Å². The molecule has 2 aromatic heterocycles. The van der Waals surface area contributed by atoms with E-state index in [9.17, 15) is 4.39 Å². The molecule has 0 aliphatic carbocycles. The number of benzene rings is 1. The number of fused-ring (bicyclic) bond motifs is 1. The normalized spacial score (nSPS) is 10.9. The molecule has 0 bridgehead atoms. The molecule has 96 valence electrons. The molecule has 1 aromatic carbocycles. The Kier molecular flexibility index (Phi) is 2.91. The number of aromatic nitrogens is 2. The van der Waals surface area contributed by atoms with Gasteiger partial charge in [0.25, 0.3) is 0 Å². The molecule has 3 nitrogen and oxygen atoms in total. The van der Waals surface area contributed by atoms with Crippen molar-refractivity contribution in [2.45, 2.75) is 6.92 Å². The Balaban J connectivity index is 2.13. The first kappa shape index (κ1) is 12.0. The van der Waals surface area contributed by atoms with Gasteiger partial charge in [-0.05, 0) is 37.3 Å². The summed E-state index contributed by atoms with van der Waals surface area (Å²) in [5.41, 5.74) is 3.01. The Morgan fingerprint density at radius 3 is 2.74 bits per heavy atom. The molecule has 0 fully saturated rings. The fraction of sp³-hybridized carbons (Fsp3) is 0.143. The van der Waals surface area contributed by atoms with E-state index >= 15 is 0 Å². The average Bonchev–Trinajstić information content (AvgIpc) is 2.81. The van der Waals surface area contributed by atoms with Crippen LogP contribution in [0.4, 0.5) is 10.1 Å². The molecule has 0 amide bonds. The summed E-state index contributed by atoms with van der Waals surface area (Å²) in [6.07, 6.45) is 0. The molecule has 5 heteroatoms. The molecule has 3 aromatic rings. The molecule has 0 saturated carbocycles. The maximum absolute atomic E-state index is 14.0. The summed E-state index contributed by atoms with van der Waals surface area (Å²) in [6, 6.07) is 8.87. The van der Waals surface area contributed by atoms with E-state index in [1.54, 1.807) is 13.1 Å². The summed E-state index contributed by atoms with van der Waals surface area (Å²) < 4.78 is 14.0. The van der Waals surface area contributed by atoms with Crippen LogP contribution in [0.2, 0.25) is 0 Å². The molecule has 2 heterocycles. The minimum absolute atomic E-state index is 0.275. The minimum Gasteiger partial charge on any atom is -0.388 e. The Labute approximate surface area is 114 Å². The van der Waals surface area contributed by atoms with Crippen molar-refractivity contribution in [3.8, 4) is 10.6 Å². The molecule has 19 heavy (non-hydrogen) atoms. The van der Waals surface area contributed by atoms with Crippen molar-refractivity contribution in [2.24, 2.45) is 0 Å². The molecule has 0 atom stereocenters. The van der Waals surface area contributed by atoms with Crippen LogP contribution in [0.1, 0.15) is 5.69 Å². The second kappa shape index (κ2) is 4.59. The van der Waals surface area contributed by atoms with Crippen LogP contribution < -0.4 is 5.32 Å². The van der Waals surface area contributed by atoms with Gasteiger partial charge in [-0.2, -0.15) is 0 Å². The van der Waals surface area contributed by atoms with Crippen molar-refractivity contribution in [1.29, 1.82) is 0 Å². The van der Waals surface area contributed by atoms with Crippen LogP contribution in [0.15, 0.2) is 30.3 Å². The molecule has 1 N–H and O–H groups in total. The Hall–Kier alpha value is -2.01. The first-order valence-electron chi connectivity index (χ1n) is 5.89. The van der Waals surface area contributed by atoms with E-state index in [1.807, 2.05) is 25.1 Å². The van der Waals surface area contributed by atoms with Crippen molar-refractivity contribution in [2.75, 3.05) is 12.4 Å². The summed E-state index contributed by atoms with van der Waals surface area (Å²) in [5.74, 6) is -0.275. The third kappa shape index (κ3) is 2.17. The Bertz CT molecular complexity index is 752. The van der Waals surface area contributed by atoms with Gasteiger partial charge in [0.15, 0.2) is 0 Å². The summed E-state index contributed by atoms with van der Waals surface area (Å²) in [4.78, 5) is 9.68. The van der Waals surface area contributed by atoms with E-state index in [2.05, 4.69) is 15.3 Å². The highest BCUT2D eigenvalue weighted by atomic mass is 32.1. The topological polar surface area (TPSA) is 37.8 Å². The number of pyridine rings is 1. The fourth-order valence-electron chi connectivity index (χ4n) is 1.87. The van der Waals surface area contributed by atoms with Gasteiger partial charge in [0, 0.05) is 24.0 Å². The van der Waals surface area contributed by atoms with E-state index in [0.717, 1.165) is 21.7 Å². The van der Waals surface area contributed by atoms with Gasteiger partial charge >= 0.3 is 0 Å². The van der Waals surface area contributed by atoms with Crippen LogP contribution >= 0.6 is 11.3 Å². The number of halogens is 1. The zero-order valence-electron chi connectivity index (χ0n) is 10.6. The van der Waals surface area contributed by atoms with Crippen molar-refractivity contribution in [1.82, 2.24) is 9.97 Å². The number of thiazole rings is 1. The molecule has 3 rings (SSSR count). The number of aryl methyl sites for hydroxylation is 1. The summed E-state index contributed by atoms with van der Waals surface area (Å²) in [7, 11) is 1.76. The van der Waals surface area contributed by atoms with E-state index < -0.39 is 0 Å². The average molecular weight is 273 g/mol. The number of anilines is 1. The van der Waals surface area contributed by atoms with E-state index in [4.69, 9.17) is 0 Å². The van der Waals surface area contributed by atoms with E-state index in [1.165, 1.54) is 17.4 Å². The van der Waals surface area contributed by atoms with Gasteiger partial charge in [-0.15, -0.1) is 0 Å². The summed E-state index contributed by atoms with van der Waals surface area (Å²) in [5, 5.41) is 3.57. The molecule has 0 saturated heterocycles. The number of hydrogen-bond acceptors (Lipinski definition) is 4. The molecular weight excluding hydrogens is 261 g/mol. The number of nitrogens with zero attached hydrogens (tertiary/aromatic N) is 2. The monoisotopic (exact) mass is 273 g/mol. The smallest absolute Gasteiger partial charge is 0.144 e. The second-order valence-electron chi connectivity index (χ2n) is 4.24. The minimum atomic E-state index is -0.275. The lowest BCUT2D eigenvalue weighted by molar-refractivity contribution is 0.632. The van der Waals surface area contributed by atoms with E-state index in [0.29, 0.717) is 10.6 Å². The van der Waals surface area contributed by atoms with Crippen LogP contribution in [-0.2, 0) is 0 Å². The van der Waals surface area contributed by atoms with Crippen LogP contribution in [0, 0.1) is 12.7 Å². The third-order valence-electron chi connectivity index (χ3n) is 2.88. The quantitative estimate of drug-likeness (QED) is 0.770. The van der Waals surface area contributed by atoms with Gasteiger partial charge < -0.3 is 5.32 Å². The summed E-state index contributed by atoms with van der Waals surface area (Å²) >= 11 is 1.41. The number of nitrogens with one attached hydrogen (secondary N) is 1. The van der Waals surface area contributed by atoms with Crippen molar-refractivity contribution >= 4 is 27.4 Å². The zero-order valence-corrected chi connectivity index (χ0v) is 11.4. The lowest BCUT2D eigenvalue weighted by Gasteiger charge is -2.02.